The zero-order valence-corrected chi connectivity index (χ0v) is 14.4. The Hall–Kier alpha value is -3.03. The lowest BCUT2D eigenvalue weighted by molar-refractivity contribution is -0.144. The maximum atomic E-state index is 13.2. The number of ether oxygens (including phenoxy) is 2. The molecule has 2 heterocycles. The molecule has 1 aliphatic rings. The van der Waals surface area contributed by atoms with Crippen molar-refractivity contribution in [3.05, 3.63) is 54.4 Å². The molecule has 1 atom stereocenters. The second kappa shape index (κ2) is 6.61. The number of benzene rings is 2. The molecule has 0 bridgehead atoms. The molecule has 0 spiro atoms. The summed E-state index contributed by atoms with van der Waals surface area (Å²) < 4.78 is 51.2. The molecule has 1 aromatic heterocycles. The molecule has 0 fully saturated rings. The summed E-state index contributed by atoms with van der Waals surface area (Å²) in [4.78, 5) is 9.06. The number of anilines is 1. The van der Waals surface area contributed by atoms with Crippen molar-refractivity contribution in [1.82, 2.24) is 9.97 Å². The lowest BCUT2D eigenvalue weighted by atomic mass is 10.2. The first-order chi connectivity index (χ1) is 12.9. The molecule has 0 amide bonds. The van der Waals surface area contributed by atoms with Crippen LogP contribution in [-0.4, -0.2) is 36.3 Å². The first kappa shape index (κ1) is 17.4. The van der Waals surface area contributed by atoms with Crippen molar-refractivity contribution >= 4 is 16.7 Å². The van der Waals surface area contributed by atoms with Crippen LogP contribution in [0, 0.1) is 0 Å². The van der Waals surface area contributed by atoms with Crippen LogP contribution in [0.1, 0.15) is 5.82 Å². The van der Waals surface area contributed by atoms with Crippen LogP contribution in [0.3, 0.4) is 0 Å². The van der Waals surface area contributed by atoms with Crippen molar-refractivity contribution in [3.63, 3.8) is 0 Å². The van der Waals surface area contributed by atoms with Crippen molar-refractivity contribution < 1.29 is 22.6 Å². The molecule has 0 aliphatic carbocycles. The van der Waals surface area contributed by atoms with Gasteiger partial charge in [-0.3, -0.25) is 0 Å². The average Bonchev–Trinajstić information content (AvgIpc) is 2.66. The van der Waals surface area contributed by atoms with Crippen LogP contribution >= 0.6 is 0 Å². The van der Waals surface area contributed by atoms with E-state index in [1.54, 1.807) is 42.3 Å². The Morgan fingerprint density at radius 2 is 1.74 bits per heavy atom. The number of nitrogens with zero attached hydrogens (tertiary/aromatic N) is 3. The highest BCUT2D eigenvalue weighted by Gasteiger charge is 2.36. The zero-order chi connectivity index (χ0) is 19.0. The number of para-hydroxylation sites is 3. The molecular formula is C19H16F3N3O2. The summed E-state index contributed by atoms with van der Waals surface area (Å²) in [7, 11) is 1.68. The average molecular weight is 375 g/mol. The molecule has 8 heteroatoms. The number of likely N-dealkylation sites (N-methyl/N-ethyl adjacent to an activating group) is 1. The summed E-state index contributed by atoms with van der Waals surface area (Å²) in [5.41, 5.74) is 0.243. The number of fused-ring (bicyclic) bond motifs is 2. The topological polar surface area (TPSA) is 47.5 Å². The van der Waals surface area contributed by atoms with E-state index < -0.39 is 12.0 Å². The van der Waals surface area contributed by atoms with Crippen molar-refractivity contribution in [2.45, 2.75) is 12.3 Å². The van der Waals surface area contributed by atoms with Crippen LogP contribution in [0.5, 0.6) is 11.5 Å². The van der Waals surface area contributed by atoms with Gasteiger partial charge in [0, 0.05) is 12.4 Å². The quantitative estimate of drug-likeness (QED) is 0.694. The molecule has 0 saturated heterocycles. The Morgan fingerprint density at radius 3 is 2.52 bits per heavy atom. The molecule has 0 unspecified atom stereocenters. The maximum absolute atomic E-state index is 13.2. The van der Waals surface area contributed by atoms with E-state index in [2.05, 4.69) is 9.97 Å². The highest BCUT2D eigenvalue weighted by Crippen LogP contribution is 2.33. The lowest BCUT2D eigenvalue weighted by Crippen LogP contribution is -2.40. The minimum absolute atomic E-state index is 0.204. The third kappa shape index (κ3) is 3.47. The second-order valence-corrected chi connectivity index (χ2v) is 6.26. The van der Waals surface area contributed by atoms with E-state index in [-0.39, 0.29) is 17.4 Å². The van der Waals surface area contributed by atoms with Crippen molar-refractivity contribution in [2.75, 3.05) is 25.1 Å². The van der Waals surface area contributed by atoms with E-state index in [0.717, 1.165) is 0 Å². The number of alkyl halides is 3. The van der Waals surface area contributed by atoms with Gasteiger partial charge in [0.25, 0.3) is 0 Å². The highest BCUT2D eigenvalue weighted by molar-refractivity contribution is 5.89. The van der Waals surface area contributed by atoms with Gasteiger partial charge in [-0.15, -0.1) is 0 Å². The standard InChI is InChI=1S/C19H16F3N3O2/c1-25(10-12-11-26-15-8-4-5-9-16(15)27-12)17-13-6-2-3-7-14(13)23-18(24-17)19(20,21)22/h2-9,12H,10-11H2,1H3/t12-/m1/s1. The van der Waals surface area contributed by atoms with E-state index in [4.69, 9.17) is 9.47 Å². The number of aromatic nitrogens is 2. The van der Waals surface area contributed by atoms with Gasteiger partial charge in [-0.1, -0.05) is 24.3 Å². The van der Waals surface area contributed by atoms with Gasteiger partial charge in [-0.25, -0.2) is 9.97 Å². The number of rotatable bonds is 3. The SMILES string of the molecule is CN(C[C@@H]1COc2ccccc2O1)c1nc(C(F)(F)F)nc2ccccc12. The summed E-state index contributed by atoms with van der Waals surface area (Å²) in [6, 6.07) is 13.9. The van der Waals surface area contributed by atoms with Crippen molar-refractivity contribution in [3.8, 4) is 11.5 Å². The first-order valence-electron chi connectivity index (χ1n) is 8.35. The zero-order valence-electron chi connectivity index (χ0n) is 14.4. The van der Waals surface area contributed by atoms with Crippen molar-refractivity contribution in [2.24, 2.45) is 0 Å². The Labute approximate surface area is 153 Å². The normalized spacial score (nSPS) is 16.4. The fourth-order valence-electron chi connectivity index (χ4n) is 3.02. The highest BCUT2D eigenvalue weighted by atomic mass is 19.4. The number of hydrogen-bond acceptors (Lipinski definition) is 5. The van der Waals surface area contributed by atoms with Gasteiger partial charge in [-0.05, 0) is 24.3 Å². The summed E-state index contributed by atoms with van der Waals surface area (Å²) in [5, 5.41) is 0.546. The van der Waals surface area contributed by atoms with E-state index >= 15 is 0 Å². The van der Waals surface area contributed by atoms with Gasteiger partial charge in [0.2, 0.25) is 5.82 Å². The van der Waals surface area contributed by atoms with E-state index in [9.17, 15) is 13.2 Å². The van der Waals surface area contributed by atoms with Gasteiger partial charge >= 0.3 is 6.18 Å². The largest absolute Gasteiger partial charge is 0.486 e. The summed E-state index contributed by atoms with van der Waals surface area (Å²) >= 11 is 0. The van der Waals surface area contributed by atoms with Gasteiger partial charge in [0.15, 0.2) is 17.6 Å². The van der Waals surface area contributed by atoms with Crippen molar-refractivity contribution in [1.29, 1.82) is 0 Å². The Balaban J connectivity index is 1.64. The third-order valence-corrected chi connectivity index (χ3v) is 4.24. The molecule has 140 valence electrons. The minimum Gasteiger partial charge on any atom is -0.486 e. The van der Waals surface area contributed by atoms with Gasteiger partial charge in [0.1, 0.15) is 12.4 Å². The molecular weight excluding hydrogens is 359 g/mol. The van der Waals surface area contributed by atoms with Gasteiger partial charge < -0.3 is 14.4 Å². The van der Waals surface area contributed by atoms with Gasteiger partial charge in [-0.2, -0.15) is 13.2 Å². The summed E-state index contributed by atoms with van der Waals surface area (Å²) in [6.07, 6.45) is -4.96. The predicted molar refractivity (Wildman–Crippen MR) is 94.2 cm³/mol. The Bertz CT molecular complexity index is 978. The van der Waals surface area contributed by atoms with Crippen LogP contribution in [0.2, 0.25) is 0 Å². The van der Waals surface area contributed by atoms with Crippen LogP contribution in [0.25, 0.3) is 10.9 Å². The first-order valence-corrected chi connectivity index (χ1v) is 8.35. The Kier molecular flexibility index (Phi) is 4.25. The van der Waals surface area contributed by atoms with Crippen LogP contribution in [-0.2, 0) is 6.18 Å². The molecule has 0 radical (unpaired) electrons. The summed E-state index contributed by atoms with van der Waals surface area (Å²) in [6.45, 7) is 0.614. The fraction of sp³-hybridized carbons (Fsp3) is 0.263. The van der Waals surface area contributed by atoms with Gasteiger partial charge in [0.05, 0.1) is 12.1 Å². The predicted octanol–water partition coefficient (Wildman–Crippen LogP) is 3.92. The number of halogens is 3. The molecule has 2 aromatic carbocycles. The van der Waals surface area contributed by atoms with Crippen LogP contribution < -0.4 is 14.4 Å². The Morgan fingerprint density at radius 1 is 1.04 bits per heavy atom. The second-order valence-electron chi connectivity index (χ2n) is 6.26. The molecule has 27 heavy (non-hydrogen) atoms. The van der Waals surface area contributed by atoms with E-state index in [1.807, 2.05) is 18.2 Å². The monoisotopic (exact) mass is 375 g/mol. The molecule has 0 saturated carbocycles. The molecule has 3 aromatic rings. The third-order valence-electron chi connectivity index (χ3n) is 4.24. The van der Waals surface area contributed by atoms with Crippen LogP contribution in [0.4, 0.5) is 19.0 Å². The van der Waals surface area contributed by atoms with E-state index in [0.29, 0.717) is 30.0 Å². The maximum Gasteiger partial charge on any atom is 0.451 e. The lowest BCUT2D eigenvalue weighted by Gasteiger charge is -2.30. The molecule has 1 aliphatic heterocycles. The molecule has 0 N–H and O–H groups in total. The molecule has 5 nitrogen and oxygen atoms in total. The summed E-state index contributed by atoms with van der Waals surface area (Å²) in [5.74, 6) is 0.318. The van der Waals surface area contributed by atoms with E-state index in [1.165, 1.54) is 0 Å². The molecule has 4 rings (SSSR count). The minimum atomic E-state index is -4.62. The van der Waals surface area contributed by atoms with Crippen LogP contribution in [0.15, 0.2) is 48.5 Å². The smallest absolute Gasteiger partial charge is 0.451 e. The fourth-order valence-corrected chi connectivity index (χ4v) is 3.02. The number of hydrogen-bond donors (Lipinski definition) is 0.